The van der Waals surface area contributed by atoms with Gasteiger partial charge in [0.1, 0.15) is 10.7 Å². The van der Waals surface area contributed by atoms with Gasteiger partial charge < -0.3 is 4.90 Å². The van der Waals surface area contributed by atoms with Gasteiger partial charge in [0.25, 0.3) is 0 Å². The highest BCUT2D eigenvalue weighted by Gasteiger charge is 2.34. The van der Waals surface area contributed by atoms with Crippen molar-refractivity contribution in [2.75, 3.05) is 26.2 Å². The molecule has 4 rings (SSSR count). The second-order valence-corrected chi connectivity index (χ2v) is 10.8. The number of aryl methyl sites for hydroxylation is 1. The first-order chi connectivity index (χ1) is 16.5. The Bertz CT molecular complexity index is 1130. The molecule has 0 spiro atoms. The van der Waals surface area contributed by atoms with Crippen LogP contribution in [-0.2, 0) is 22.9 Å². The zero-order valence-electron chi connectivity index (χ0n) is 19.5. The minimum atomic E-state index is -3.93. The number of sulfonamides is 1. The van der Waals surface area contributed by atoms with Crippen molar-refractivity contribution in [3.8, 4) is 0 Å². The molecule has 0 atom stereocenters. The van der Waals surface area contributed by atoms with Crippen LogP contribution in [0.25, 0.3) is 0 Å². The van der Waals surface area contributed by atoms with Crippen LogP contribution in [0.15, 0.2) is 89.8 Å². The van der Waals surface area contributed by atoms with Crippen LogP contribution in [0.5, 0.6) is 0 Å². The van der Waals surface area contributed by atoms with E-state index in [2.05, 4.69) is 29.2 Å². The lowest BCUT2D eigenvalue weighted by molar-refractivity contribution is 0.158. The maximum absolute atomic E-state index is 14.5. The molecule has 0 N–H and O–H groups in total. The fraction of sp³-hybridized carbons (Fsp3) is 0.357. The van der Waals surface area contributed by atoms with Crippen molar-refractivity contribution in [2.45, 2.75) is 43.0 Å². The molecular formula is C28H33FN2O2S. The molecule has 4 nitrogen and oxygen atoms in total. The third kappa shape index (κ3) is 6.32. The van der Waals surface area contributed by atoms with Gasteiger partial charge in [-0.15, -0.1) is 0 Å². The van der Waals surface area contributed by atoms with Gasteiger partial charge in [-0.1, -0.05) is 72.8 Å². The minimum Gasteiger partial charge on any atom is -0.303 e. The lowest BCUT2D eigenvalue weighted by atomic mass is 10.0. The van der Waals surface area contributed by atoms with Crippen molar-refractivity contribution < 1.29 is 12.8 Å². The Hall–Kier alpha value is -2.54. The highest BCUT2D eigenvalue weighted by atomic mass is 32.2. The molecule has 0 radical (unpaired) electrons. The molecule has 0 unspecified atom stereocenters. The highest BCUT2D eigenvalue weighted by Crippen LogP contribution is 2.26. The zero-order valence-corrected chi connectivity index (χ0v) is 20.3. The molecule has 0 saturated carbocycles. The van der Waals surface area contributed by atoms with Gasteiger partial charge >= 0.3 is 0 Å². The monoisotopic (exact) mass is 480 g/mol. The van der Waals surface area contributed by atoms with Gasteiger partial charge in [0.05, 0.1) is 0 Å². The molecule has 1 fully saturated rings. The van der Waals surface area contributed by atoms with E-state index in [4.69, 9.17) is 0 Å². The van der Waals surface area contributed by atoms with E-state index in [1.165, 1.54) is 23.8 Å². The van der Waals surface area contributed by atoms with Crippen LogP contribution < -0.4 is 0 Å². The maximum Gasteiger partial charge on any atom is 0.246 e. The Morgan fingerprint density at radius 2 is 1.35 bits per heavy atom. The SMILES string of the molecule is O=S(=O)(c1ccccc1F)N(CCc1ccccc1)C1CCN(CCCc2ccccc2)CC1. The second-order valence-electron chi connectivity index (χ2n) is 8.94. The van der Waals surface area contributed by atoms with Crippen molar-refractivity contribution in [3.63, 3.8) is 0 Å². The van der Waals surface area contributed by atoms with E-state index in [9.17, 15) is 12.8 Å². The van der Waals surface area contributed by atoms with E-state index in [0.29, 0.717) is 13.0 Å². The van der Waals surface area contributed by atoms with Crippen LogP contribution in [0, 0.1) is 5.82 Å². The van der Waals surface area contributed by atoms with Crippen LogP contribution in [-0.4, -0.2) is 49.8 Å². The van der Waals surface area contributed by atoms with E-state index in [0.717, 1.165) is 50.9 Å². The van der Waals surface area contributed by atoms with E-state index in [1.54, 1.807) is 10.4 Å². The summed E-state index contributed by atoms with van der Waals surface area (Å²) in [6, 6.07) is 25.9. The predicted octanol–water partition coefficient (Wildman–Crippen LogP) is 5.16. The van der Waals surface area contributed by atoms with E-state index in [-0.39, 0.29) is 10.9 Å². The van der Waals surface area contributed by atoms with Crippen molar-refractivity contribution in [2.24, 2.45) is 0 Å². The Kier molecular flexibility index (Phi) is 8.48. The smallest absolute Gasteiger partial charge is 0.246 e. The second kappa shape index (κ2) is 11.7. The van der Waals surface area contributed by atoms with E-state index >= 15 is 0 Å². The molecule has 1 saturated heterocycles. The molecule has 3 aromatic carbocycles. The van der Waals surface area contributed by atoms with E-state index in [1.807, 2.05) is 36.4 Å². The number of nitrogens with zero attached hydrogens (tertiary/aromatic N) is 2. The lowest BCUT2D eigenvalue weighted by Gasteiger charge is -2.38. The lowest BCUT2D eigenvalue weighted by Crippen LogP contribution is -2.48. The number of likely N-dealkylation sites (tertiary alicyclic amines) is 1. The van der Waals surface area contributed by atoms with Crippen LogP contribution in [0.1, 0.15) is 30.4 Å². The fourth-order valence-electron chi connectivity index (χ4n) is 4.75. The topological polar surface area (TPSA) is 40.6 Å². The first-order valence-corrected chi connectivity index (χ1v) is 13.5. The normalized spacial score (nSPS) is 15.6. The maximum atomic E-state index is 14.5. The average molecular weight is 481 g/mol. The summed E-state index contributed by atoms with van der Waals surface area (Å²) in [6.45, 7) is 3.06. The van der Waals surface area contributed by atoms with Gasteiger partial charge in [-0.3, -0.25) is 0 Å². The first kappa shape index (κ1) is 24.6. The first-order valence-electron chi connectivity index (χ1n) is 12.1. The summed E-state index contributed by atoms with van der Waals surface area (Å²) in [5.41, 5.74) is 2.43. The fourth-order valence-corrected chi connectivity index (χ4v) is 6.50. The highest BCUT2D eigenvalue weighted by molar-refractivity contribution is 7.89. The van der Waals surface area contributed by atoms with Gasteiger partial charge in [0.15, 0.2) is 0 Å². The molecule has 0 bridgehead atoms. The van der Waals surface area contributed by atoms with Crippen LogP contribution in [0.4, 0.5) is 4.39 Å². The summed E-state index contributed by atoms with van der Waals surface area (Å²) in [6.07, 6.45) is 4.25. The number of piperidine rings is 1. The molecule has 0 aromatic heterocycles. The number of halogens is 1. The molecule has 1 aliphatic heterocycles. The van der Waals surface area contributed by atoms with Crippen LogP contribution in [0.2, 0.25) is 0 Å². The van der Waals surface area contributed by atoms with Crippen molar-refractivity contribution >= 4 is 10.0 Å². The van der Waals surface area contributed by atoms with Gasteiger partial charge in [-0.05, 0) is 75.0 Å². The Morgan fingerprint density at radius 1 is 0.794 bits per heavy atom. The number of hydrogen-bond donors (Lipinski definition) is 0. The average Bonchev–Trinajstić information content (AvgIpc) is 2.86. The molecule has 3 aromatic rings. The number of rotatable bonds is 10. The molecule has 1 heterocycles. The molecule has 0 amide bonds. The summed E-state index contributed by atoms with van der Waals surface area (Å²) < 4.78 is 43.2. The van der Waals surface area contributed by atoms with Gasteiger partial charge in [0.2, 0.25) is 10.0 Å². The van der Waals surface area contributed by atoms with Gasteiger partial charge in [0, 0.05) is 12.6 Å². The molecular weight excluding hydrogens is 447 g/mol. The minimum absolute atomic E-state index is 0.126. The van der Waals surface area contributed by atoms with Crippen molar-refractivity contribution in [3.05, 3.63) is 102 Å². The van der Waals surface area contributed by atoms with Crippen molar-refractivity contribution in [1.29, 1.82) is 0 Å². The number of hydrogen-bond acceptors (Lipinski definition) is 3. The zero-order chi connectivity index (χ0) is 23.8. The molecule has 180 valence electrons. The third-order valence-corrected chi connectivity index (χ3v) is 8.62. The quantitative estimate of drug-likeness (QED) is 0.403. The standard InChI is InChI=1S/C28H33FN2O2S/c29-27-15-7-8-16-28(27)34(32,33)31(23-17-25-12-5-2-6-13-25)26-18-21-30(22-19-26)20-9-14-24-10-3-1-4-11-24/h1-8,10-13,15-16,26H,9,14,17-23H2. The summed E-state index contributed by atoms with van der Waals surface area (Å²) in [4.78, 5) is 2.19. The summed E-state index contributed by atoms with van der Waals surface area (Å²) >= 11 is 0. The van der Waals surface area contributed by atoms with Gasteiger partial charge in [-0.2, -0.15) is 4.31 Å². The summed E-state index contributed by atoms with van der Waals surface area (Å²) in [5, 5.41) is 0. The Morgan fingerprint density at radius 3 is 1.97 bits per heavy atom. The molecule has 6 heteroatoms. The third-order valence-electron chi connectivity index (χ3n) is 6.63. The van der Waals surface area contributed by atoms with Crippen LogP contribution >= 0.6 is 0 Å². The molecule has 1 aliphatic rings. The summed E-state index contributed by atoms with van der Waals surface area (Å²) in [7, 11) is -3.93. The Balaban J connectivity index is 1.41. The number of benzene rings is 3. The van der Waals surface area contributed by atoms with Gasteiger partial charge in [-0.25, -0.2) is 12.8 Å². The van der Waals surface area contributed by atoms with Crippen molar-refractivity contribution in [1.82, 2.24) is 9.21 Å². The molecule has 0 aliphatic carbocycles. The predicted molar refractivity (Wildman–Crippen MR) is 135 cm³/mol. The van der Waals surface area contributed by atoms with E-state index < -0.39 is 15.8 Å². The van der Waals surface area contributed by atoms with Crippen LogP contribution in [0.3, 0.4) is 0 Å². The Labute approximate surface area is 203 Å². The largest absolute Gasteiger partial charge is 0.303 e. The molecule has 34 heavy (non-hydrogen) atoms. The summed E-state index contributed by atoms with van der Waals surface area (Å²) in [5.74, 6) is -0.689.